The number of phenols is 1. The summed E-state index contributed by atoms with van der Waals surface area (Å²) >= 11 is 0. The number of ether oxygens (including phenoxy) is 1. The smallest absolute Gasteiger partial charge is 0.308 e. The molecule has 0 spiro atoms. The van der Waals surface area contributed by atoms with Crippen LogP contribution in [-0.4, -0.2) is 11.1 Å². The predicted octanol–water partition coefficient (Wildman–Crippen LogP) is 6.83. The second-order valence-corrected chi connectivity index (χ2v) is 6.61. The minimum atomic E-state index is -0.315. The van der Waals surface area contributed by atoms with Gasteiger partial charge in [0.15, 0.2) is 0 Å². The highest BCUT2D eigenvalue weighted by molar-refractivity contribution is 5.74. The topological polar surface area (TPSA) is 46.5 Å². The van der Waals surface area contributed by atoms with Gasteiger partial charge in [-0.05, 0) is 92.3 Å². The lowest BCUT2D eigenvalue weighted by molar-refractivity contribution is -0.131. The van der Waals surface area contributed by atoms with Crippen molar-refractivity contribution in [2.75, 3.05) is 0 Å². The molecule has 0 aromatic heterocycles. The van der Waals surface area contributed by atoms with Crippen molar-refractivity contribution in [2.45, 2.75) is 61.8 Å². The number of benzene rings is 2. The van der Waals surface area contributed by atoms with Crippen molar-refractivity contribution in [1.29, 1.82) is 0 Å². The number of allylic oxidation sites excluding steroid dienone is 1. The number of aromatic hydroxyl groups is 1. The molecule has 3 nitrogen and oxygen atoms in total. The molecule has 0 aliphatic heterocycles. The maximum absolute atomic E-state index is 11.1. The van der Waals surface area contributed by atoms with Gasteiger partial charge in [-0.1, -0.05) is 26.3 Å². The molecule has 27 heavy (non-hydrogen) atoms. The fraction of sp³-hybridized carbons (Fsp3) is 0.375. The second kappa shape index (κ2) is 11.9. The summed E-state index contributed by atoms with van der Waals surface area (Å²) in [5, 5.41) is 9.87. The molecule has 0 atom stereocenters. The zero-order valence-electron chi connectivity index (χ0n) is 18.1. The van der Waals surface area contributed by atoms with Gasteiger partial charge in [-0.3, -0.25) is 4.79 Å². The van der Waals surface area contributed by atoms with Gasteiger partial charge in [0.2, 0.25) is 0 Å². The Bertz CT molecular complexity index is 727. The van der Waals surface area contributed by atoms with Crippen LogP contribution < -0.4 is 4.74 Å². The summed E-state index contributed by atoms with van der Waals surface area (Å²) in [6.07, 6.45) is 3.00. The molecule has 1 N–H and O–H groups in total. The Kier molecular flexibility index (Phi) is 10.8. The van der Waals surface area contributed by atoms with E-state index in [-0.39, 0.29) is 5.97 Å². The summed E-state index contributed by atoms with van der Waals surface area (Å²) in [7, 11) is 0. The van der Waals surface area contributed by atoms with E-state index < -0.39 is 0 Å². The molecule has 0 saturated carbocycles. The highest BCUT2D eigenvalue weighted by Gasteiger charge is 2.11. The third-order valence-electron chi connectivity index (χ3n) is 3.53. The van der Waals surface area contributed by atoms with Gasteiger partial charge in [0.05, 0.1) is 0 Å². The number of phenolic OH excluding ortho intramolecular Hbond substituents is 1. The maximum atomic E-state index is 11.1. The molecular weight excluding hydrogens is 336 g/mol. The van der Waals surface area contributed by atoms with Crippen LogP contribution in [0, 0.1) is 27.7 Å². The molecule has 3 heteroatoms. The first-order chi connectivity index (χ1) is 12.6. The second-order valence-electron chi connectivity index (χ2n) is 6.61. The van der Waals surface area contributed by atoms with Crippen molar-refractivity contribution in [3.8, 4) is 22.6 Å². The third-order valence-corrected chi connectivity index (χ3v) is 3.53. The van der Waals surface area contributed by atoms with E-state index in [9.17, 15) is 9.90 Å². The highest BCUT2D eigenvalue weighted by atomic mass is 16.5. The van der Waals surface area contributed by atoms with Crippen molar-refractivity contribution in [3.05, 3.63) is 59.2 Å². The molecule has 0 unspecified atom stereocenters. The Morgan fingerprint density at radius 3 is 1.56 bits per heavy atom. The largest absolute Gasteiger partial charge is 0.507 e. The Hall–Kier alpha value is -2.55. The fourth-order valence-corrected chi connectivity index (χ4v) is 2.54. The van der Waals surface area contributed by atoms with E-state index in [1.54, 1.807) is 6.08 Å². The van der Waals surface area contributed by atoms with Crippen LogP contribution in [0.15, 0.2) is 36.9 Å². The first-order valence-corrected chi connectivity index (χ1v) is 9.30. The number of aryl methyl sites for hydroxylation is 4. The number of rotatable bonds is 2. The lowest BCUT2D eigenvalue weighted by atomic mass is 9.96. The monoisotopic (exact) mass is 370 g/mol. The highest BCUT2D eigenvalue weighted by Crippen LogP contribution is 2.33. The van der Waals surface area contributed by atoms with Crippen LogP contribution in [0.2, 0.25) is 0 Å². The van der Waals surface area contributed by atoms with Crippen LogP contribution in [-0.2, 0) is 4.79 Å². The maximum Gasteiger partial charge on any atom is 0.308 e. The lowest BCUT2D eigenvalue weighted by Crippen LogP contribution is -2.04. The Labute approximate surface area is 164 Å². The standard InChI is InChI=1S/C18H20O3.C3H8.C3H6/c1-10-6-15(7-11(2)17(10)20)16-8-12(3)18(13(4)9-16)21-14(5)19;2*1-3-2/h6-9,20H,1-5H3;3H2,1-2H3;3H,1H2,2H3. The number of hydrogen-bond acceptors (Lipinski definition) is 3. The van der Waals surface area contributed by atoms with Crippen molar-refractivity contribution in [2.24, 2.45) is 0 Å². The molecule has 148 valence electrons. The molecule has 0 radical (unpaired) electrons. The summed E-state index contributed by atoms with van der Waals surface area (Å²) in [5.74, 6) is 0.646. The first-order valence-electron chi connectivity index (χ1n) is 9.30. The van der Waals surface area contributed by atoms with Crippen molar-refractivity contribution in [1.82, 2.24) is 0 Å². The van der Waals surface area contributed by atoms with Gasteiger partial charge in [-0.15, -0.1) is 6.58 Å². The van der Waals surface area contributed by atoms with Crippen molar-refractivity contribution in [3.63, 3.8) is 0 Å². The molecule has 0 amide bonds. The minimum Gasteiger partial charge on any atom is -0.507 e. The number of carbonyl (C=O) groups is 1. The van der Waals surface area contributed by atoms with E-state index in [1.807, 2.05) is 58.9 Å². The number of esters is 1. The van der Waals surface area contributed by atoms with Crippen LogP contribution in [0.3, 0.4) is 0 Å². The van der Waals surface area contributed by atoms with E-state index >= 15 is 0 Å². The molecular formula is C24H34O3. The molecule has 0 heterocycles. The van der Waals surface area contributed by atoms with Crippen LogP contribution >= 0.6 is 0 Å². The van der Waals surface area contributed by atoms with E-state index in [2.05, 4.69) is 20.4 Å². The molecule has 0 aliphatic rings. The first kappa shape index (κ1) is 24.5. The van der Waals surface area contributed by atoms with Gasteiger partial charge in [0.1, 0.15) is 11.5 Å². The molecule has 2 aromatic carbocycles. The van der Waals surface area contributed by atoms with Gasteiger partial charge in [-0.25, -0.2) is 0 Å². The summed E-state index contributed by atoms with van der Waals surface area (Å²) in [6, 6.07) is 7.91. The molecule has 0 fully saturated rings. The molecule has 2 aromatic rings. The Morgan fingerprint density at radius 1 is 0.963 bits per heavy atom. The van der Waals surface area contributed by atoms with Crippen LogP contribution in [0.5, 0.6) is 11.5 Å². The molecule has 2 rings (SSSR count). The normalized spacial score (nSPS) is 9.33. The Morgan fingerprint density at radius 2 is 1.26 bits per heavy atom. The van der Waals surface area contributed by atoms with Crippen LogP contribution in [0.4, 0.5) is 0 Å². The van der Waals surface area contributed by atoms with Gasteiger partial charge in [-0.2, -0.15) is 0 Å². The van der Waals surface area contributed by atoms with Gasteiger partial charge in [0.25, 0.3) is 0 Å². The van der Waals surface area contributed by atoms with Crippen LogP contribution in [0.25, 0.3) is 11.1 Å². The molecule has 0 saturated heterocycles. The van der Waals surface area contributed by atoms with E-state index in [1.165, 1.54) is 13.3 Å². The van der Waals surface area contributed by atoms with E-state index in [0.29, 0.717) is 11.5 Å². The summed E-state index contributed by atoms with van der Waals surface area (Å²) in [5.41, 5.74) is 5.64. The summed E-state index contributed by atoms with van der Waals surface area (Å²) in [6.45, 7) is 18.5. The van der Waals surface area contributed by atoms with Crippen molar-refractivity contribution >= 4 is 5.97 Å². The summed E-state index contributed by atoms with van der Waals surface area (Å²) < 4.78 is 5.25. The zero-order chi connectivity index (χ0) is 21.1. The average molecular weight is 371 g/mol. The lowest BCUT2D eigenvalue weighted by Gasteiger charge is -2.13. The van der Waals surface area contributed by atoms with Gasteiger partial charge < -0.3 is 9.84 Å². The third kappa shape index (κ3) is 7.69. The molecule has 0 aliphatic carbocycles. The van der Waals surface area contributed by atoms with E-state index in [0.717, 1.165) is 33.4 Å². The quantitative estimate of drug-likeness (QED) is 0.358. The van der Waals surface area contributed by atoms with Gasteiger partial charge in [0, 0.05) is 6.92 Å². The average Bonchev–Trinajstić information content (AvgIpc) is 2.56. The predicted molar refractivity (Wildman–Crippen MR) is 116 cm³/mol. The number of hydrogen-bond donors (Lipinski definition) is 1. The van der Waals surface area contributed by atoms with Crippen molar-refractivity contribution < 1.29 is 14.6 Å². The minimum absolute atomic E-state index is 0.315. The SMILES string of the molecule is C=CC.CC(=O)Oc1c(C)cc(-c2cc(C)c(O)c(C)c2)cc1C.CCC. The number of carbonyl (C=O) groups excluding carboxylic acids is 1. The molecule has 0 bridgehead atoms. The zero-order valence-corrected chi connectivity index (χ0v) is 18.1. The van der Waals surface area contributed by atoms with Crippen LogP contribution in [0.1, 0.15) is 56.4 Å². The van der Waals surface area contributed by atoms with Gasteiger partial charge >= 0.3 is 5.97 Å². The Balaban J connectivity index is 0.000000997. The fourth-order valence-electron chi connectivity index (χ4n) is 2.54. The summed E-state index contributed by atoms with van der Waals surface area (Å²) in [4.78, 5) is 11.1. The van der Waals surface area contributed by atoms with E-state index in [4.69, 9.17) is 4.74 Å².